The molecule has 1 aromatic carbocycles. The summed E-state index contributed by atoms with van der Waals surface area (Å²) in [6, 6.07) is 11.3. The summed E-state index contributed by atoms with van der Waals surface area (Å²) >= 11 is 0. The van der Waals surface area contributed by atoms with E-state index in [-0.39, 0.29) is 5.91 Å². The second-order valence-corrected chi connectivity index (χ2v) is 5.72. The Kier molecular flexibility index (Phi) is 5.09. The maximum absolute atomic E-state index is 12.2. The number of hydrogen-bond acceptors (Lipinski definition) is 4. The maximum Gasteiger partial charge on any atom is 0.224 e. The number of carbonyl (C=O) groups excluding carboxylic acids is 1. The van der Waals surface area contributed by atoms with Gasteiger partial charge in [-0.2, -0.15) is 5.10 Å². The maximum atomic E-state index is 12.2. The van der Waals surface area contributed by atoms with E-state index in [1.807, 2.05) is 49.6 Å². The van der Waals surface area contributed by atoms with Crippen LogP contribution in [0.2, 0.25) is 0 Å². The lowest BCUT2D eigenvalue weighted by atomic mass is 10.1. The van der Waals surface area contributed by atoms with Crippen LogP contribution < -0.4 is 10.1 Å². The quantitative estimate of drug-likeness (QED) is 0.750. The third-order valence-electron chi connectivity index (χ3n) is 3.84. The predicted octanol–water partition coefficient (Wildman–Crippen LogP) is 2.35. The highest BCUT2D eigenvalue weighted by Gasteiger charge is 2.10. The number of aryl methyl sites for hydroxylation is 1. The molecule has 6 heteroatoms. The van der Waals surface area contributed by atoms with Crippen molar-refractivity contribution in [2.24, 2.45) is 7.05 Å². The number of rotatable bonds is 6. The van der Waals surface area contributed by atoms with Gasteiger partial charge in [0.1, 0.15) is 5.75 Å². The molecule has 25 heavy (non-hydrogen) atoms. The Morgan fingerprint density at radius 1 is 1.28 bits per heavy atom. The number of nitrogens with zero attached hydrogens (tertiary/aromatic N) is 3. The van der Waals surface area contributed by atoms with Crippen LogP contribution in [0.4, 0.5) is 0 Å². The number of aromatic nitrogens is 3. The zero-order chi connectivity index (χ0) is 17.6. The first-order valence-electron chi connectivity index (χ1n) is 7.98. The van der Waals surface area contributed by atoms with Gasteiger partial charge in [-0.05, 0) is 29.3 Å². The van der Waals surface area contributed by atoms with Gasteiger partial charge in [0.2, 0.25) is 5.91 Å². The average Bonchev–Trinajstić information content (AvgIpc) is 3.06. The molecule has 6 nitrogen and oxygen atoms in total. The topological polar surface area (TPSA) is 69.0 Å². The van der Waals surface area contributed by atoms with Gasteiger partial charge < -0.3 is 10.1 Å². The van der Waals surface area contributed by atoms with Crippen LogP contribution in [0.15, 0.2) is 55.0 Å². The van der Waals surface area contributed by atoms with Gasteiger partial charge in [-0.3, -0.25) is 14.5 Å². The highest BCUT2D eigenvalue weighted by Crippen LogP contribution is 2.20. The number of pyridine rings is 1. The normalized spacial score (nSPS) is 10.5. The van der Waals surface area contributed by atoms with Crippen molar-refractivity contribution in [1.82, 2.24) is 20.1 Å². The molecule has 0 saturated carbocycles. The standard InChI is InChI=1S/C19H20N4O2/c1-23-13-16(12-22-23)19-15(6-4-8-20-19)11-21-18(24)10-14-5-3-7-17(9-14)25-2/h3-9,12-13H,10-11H2,1-2H3,(H,21,24). The third kappa shape index (κ3) is 4.23. The van der Waals surface area contributed by atoms with Crippen LogP contribution in [0.1, 0.15) is 11.1 Å². The summed E-state index contributed by atoms with van der Waals surface area (Å²) in [6.45, 7) is 0.418. The lowest BCUT2D eigenvalue weighted by molar-refractivity contribution is -0.120. The fourth-order valence-corrected chi connectivity index (χ4v) is 2.61. The van der Waals surface area contributed by atoms with E-state index in [4.69, 9.17) is 4.74 Å². The summed E-state index contributed by atoms with van der Waals surface area (Å²) in [7, 11) is 3.48. The number of ether oxygens (including phenoxy) is 1. The molecule has 0 saturated heterocycles. The second kappa shape index (κ2) is 7.61. The molecule has 0 unspecified atom stereocenters. The third-order valence-corrected chi connectivity index (χ3v) is 3.84. The Morgan fingerprint density at radius 3 is 2.92 bits per heavy atom. The van der Waals surface area contributed by atoms with Crippen LogP contribution in [-0.2, 0) is 24.8 Å². The van der Waals surface area contributed by atoms with Gasteiger partial charge in [-0.15, -0.1) is 0 Å². The van der Waals surface area contributed by atoms with Gasteiger partial charge in [0, 0.05) is 31.5 Å². The average molecular weight is 336 g/mol. The first-order chi connectivity index (χ1) is 12.2. The molecule has 2 heterocycles. The van der Waals surface area contributed by atoms with E-state index in [9.17, 15) is 4.79 Å². The molecule has 0 aliphatic rings. The largest absolute Gasteiger partial charge is 0.497 e. The van der Waals surface area contributed by atoms with E-state index < -0.39 is 0 Å². The SMILES string of the molecule is COc1cccc(CC(=O)NCc2cccnc2-c2cnn(C)c2)c1. The first-order valence-corrected chi connectivity index (χ1v) is 7.98. The number of hydrogen-bond donors (Lipinski definition) is 1. The second-order valence-electron chi connectivity index (χ2n) is 5.72. The molecule has 2 aromatic heterocycles. The summed E-state index contributed by atoms with van der Waals surface area (Å²) in [6.07, 6.45) is 5.72. The highest BCUT2D eigenvalue weighted by molar-refractivity contribution is 5.79. The van der Waals surface area contributed by atoms with E-state index in [2.05, 4.69) is 15.4 Å². The van der Waals surface area contributed by atoms with Crippen molar-refractivity contribution in [2.75, 3.05) is 7.11 Å². The van der Waals surface area contributed by atoms with Crippen molar-refractivity contribution in [1.29, 1.82) is 0 Å². The van der Waals surface area contributed by atoms with Crippen molar-refractivity contribution in [3.8, 4) is 17.0 Å². The minimum Gasteiger partial charge on any atom is -0.497 e. The molecule has 1 N–H and O–H groups in total. The molecule has 0 aliphatic carbocycles. The predicted molar refractivity (Wildman–Crippen MR) is 95.0 cm³/mol. The minimum absolute atomic E-state index is 0.0470. The molecule has 1 amide bonds. The number of benzene rings is 1. The van der Waals surface area contributed by atoms with E-state index in [1.165, 1.54) is 0 Å². The fraction of sp³-hybridized carbons (Fsp3) is 0.211. The van der Waals surface area contributed by atoms with Gasteiger partial charge in [0.25, 0.3) is 0 Å². The molecule has 3 rings (SSSR count). The van der Waals surface area contributed by atoms with Gasteiger partial charge in [0.15, 0.2) is 0 Å². The van der Waals surface area contributed by atoms with E-state index in [1.54, 1.807) is 24.2 Å². The summed E-state index contributed by atoms with van der Waals surface area (Å²) < 4.78 is 6.92. The minimum atomic E-state index is -0.0470. The van der Waals surface area contributed by atoms with E-state index in [0.717, 1.165) is 28.1 Å². The molecule has 0 spiro atoms. The van der Waals surface area contributed by atoms with Crippen molar-refractivity contribution < 1.29 is 9.53 Å². The van der Waals surface area contributed by atoms with Crippen LogP contribution in [0.3, 0.4) is 0 Å². The summed E-state index contributed by atoms with van der Waals surface area (Å²) in [4.78, 5) is 16.7. The number of carbonyl (C=O) groups is 1. The summed E-state index contributed by atoms with van der Waals surface area (Å²) in [5, 5.41) is 7.13. The van der Waals surface area contributed by atoms with Gasteiger partial charge in [-0.25, -0.2) is 0 Å². The highest BCUT2D eigenvalue weighted by atomic mass is 16.5. The fourth-order valence-electron chi connectivity index (χ4n) is 2.61. The lowest BCUT2D eigenvalue weighted by Crippen LogP contribution is -2.25. The monoisotopic (exact) mass is 336 g/mol. The van der Waals surface area contributed by atoms with Gasteiger partial charge in [0.05, 0.1) is 25.4 Å². The van der Waals surface area contributed by atoms with Gasteiger partial charge >= 0.3 is 0 Å². The Morgan fingerprint density at radius 2 is 2.16 bits per heavy atom. The van der Waals surface area contributed by atoms with E-state index in [0.29, 0.717) is 13.0 Å². The van der Waals surface area contributed by atoms with Crippen LogP contribution >= 0.6 is 0 Å². The van der Waals surface area contributed by atoms with Crippen molar-refractivity contribution in [3.05, 3.63) is 66.1 Å². The Balaban J connectivity index is 1.66. The van der Waals surface area contributed by atoms with Crippen LogP contribution in [0.5, 0.6) is 5.75 Å². The van der Waals surface area contributed by atoms with E-state index >= 15 is 0 Å². The Labute approximate surface area is 146 Å². The number of methoxy groups -OCH3 is 1. The summed E-state index contributed by atoms with van der Waals surface area (Å²) in [5.74, 6) is 0.700. The van der Waals surface area contributed by atoms with Crippen molar-refractivity contribution in [2.45, 2.75) is 13.0 Å². The Hall–Kier alpha value is -3.15. The molecule has 0 fully saturated rings. The molecular formula is C19H20N4O2. The van der Waals surface area contributed by atoms with Crippen molar-refractivity contribution >= 4 is 5.91 Å². The zero-order valence-corrected chi connectivity index (χ0v) is 14.3. The number of amides is 1. The molecule has 3 aromatic rings. The molecule has 0 aliphatic heterocycles. The van der Waals surface area contributed by atoms with Crippen LogP contribution in [-0.4, -0.2) is 27.8 Å². The lowest BCUT2D eigenvalue weighted by Gasteiger charge is -2.09. The molecule has 128 valence electrons. The van der Waals surface area contributed by atoms with Crippen LogP contribution in [0.25, 0.3) is 11.3 Å². The number of nitrogens with one attached hydrogen (secondary N) is 1. The molecule has 0 atom stereocenters. The zero-order valence-electron chi connectivity index (χ0n) is 14.3. The summed E-state index contributed by atoms with van der Waals surface area (Å²) in [5.41, 5.74) is 3.63. The molecule has 0 bridgehead atoms. The Bertz CT molecular complexity index is 873. The first kappa shape index (κ1) is 16.7. The molecular weight excluding hydrogens is 316 g/mol. The van der Waals surface area contributed by atoms with Crippen molar-refractivity contribution in [3.63, 3.8) is 0 Å². The van der Waals surface area contributed by atoms with Gasteiger partial charge in [-0.1, -0.05) is 18.2 Å². The smallest absolute Gasteiger partial charge is 0.224 e. The van der Waals surface area contributed by atoms with Crippen LogP contribution in [0, 0.1) is 0 Å². The molecule has 0 radical (unpaired) electrons.